The zero-order chi connectivity index (χ0) is 18.3. The van der Waals surface area contributed by atoms with Gasteiger partial charge in [0, 0.05) is 32.9 Å². The van der Waals surface area contributed by atoms with Crippen molar-refractivity contribution < 1.29 is 4.39 Å². The highest BCUT2D eigenvalue weighted by atomic mass is 35.5. The van der Waals surface area contributed by atoms with Gasteiger partial charge in [-0.25, -0.2) is 4.39 Å². The lowest BCUT2D eigenvalue weighted by atomic mass is 10.0. The molecule has 1 aromatic heterocycles. The summed E-state index contributed by atoms with van der Waals surface area (Å²) in [6.45, 7) is 0. The van der Waals surface area contributed by atoms with E-state index in [-0.39, 0.29) is 25.8 Å². The number of halogens is 7. The minimum atomic E-state index is -0.620. The van der Waals surface area contributed by atoms with Crippen LogP contribution < -0.4 is 0 Å². The molecule has 0 radical (unpaired) electrons. The van der Waals surface area contributed by atoms with Gasteiger partial charge in [0.15, 0.2) is 0 Å². The van der Waals surface area contributed by atoms with E-state index in [4.69, 9.17) is 69.6 Å². The van der Waals surface area contributed by atoms with Crippen LogP contribution >= 0.6 is 69.6 Å². The Bertz CT molecular complexity index is 989. The highest BCUT2D eigenvalue weighted by Gasteiger charge is 2.17. The Labute approximate surface area is 173 Å². The third-order valence-electron chi connectivity index (χ3n) is 3.39. The molecule has 0 aliphatic heterocycles. The van der Waals surface area contributed by atoms with Gasteiger partial charge in [-0.2, -0.15) is 0 Å². The van der Waals surface area contributed by atoms with Gasteiger partial charge >= 0.3 is 0 Å². The lowest BCUT2D eigenvalue weighted by molar-refractivity contribution is 0.626. The van der Waals surface area contributed by atoms with Gasteiger partial charge in [-0.15, -0.1) is 0 Å². The number of hydrogen-bond donors (Lipinski definition) is 0. The first kappa shape index (κ1) is 19.0. The quantitative estimate of drug-likeness (QED) is 0.353. The molecule has 0 unspecified atom stereocenters. The van der Waals surface area contributed by atoms with Crippen LogP contribution in [0, 0.1) is 5.82 Å². The van der Waals surface area contributed by atoms with E-state index >= 15 is 0 Å². The van der Waals surface area contributed by atoms with Gasteiger partial charge in [0.1, 0.15) is 11.5 Å². The smallest absolute Gasteiger partial charge is 0.150 e. The largest absolute Gasteiger partial charge is 0.252 e. The van der Waals surface area contributed by atoms with Crippen LogP contribution in [-0.4, -0.2) is 4.98 Å². The Morgan fingerprint density at radius 2 is 1.20 bits per heavy atom. The van der Waals surface area contributed by atoms with Crippen LogP contribution in [0.2, 0.25) is 30.1 Å². The van der Waals surface area contributed by atoms with Crippen LogP contribution in [0.25, 0.3) is 22.4 Å². The van der Waals surface area contributed by atoms with Crippen molar-refractivity contribution in [2.45, 2.75) is 0 Å². The Hall–Kier alpha value is -0.740. The minimum absolute atomic E-state index is 0.0161. The van der Waals surface area contributed by atoms with Crippen molar-refractivity contribution in [2.75, 3.05) is 0 Å². The predicted octanol–water partition coefficient (Wildman–Crippen LogP) is 8.48. The van der Waals surface area contributed by atoms with E-state index in [1.807, 2.05) is 0 Å². The minimum Gasteiger partial charge on any atom is -0.252 e. The summed E-state index contributed by atoms with van der Waals surface area (Å²) in [5.74, 6) is -0.620. The zero-order valence-electron chi connectivity index (χ0n) is 12.1. The number of benzene rings is 2. The molecule has 8 heteroatoms. The van der Waals surface area contributed by atoms with Crippen molar-refractivity contribution >= 4 is 69.6 Å². The molecule has 0 aliphatic rings. The number of rotatable bonds is 2. The molecule has 0 bridgehead atoms. The molecule has 1 nitrogen and oxygen atoms in total. The van der Waals surface area contributed by atoms with Gasteiger partial charge in [-0.05, 0) is 30.3 Å². The number of aromatic nitrogens is 1. The van der Waals surface area contributed by atoms with Crippen LogP contribution in [0.15, 0.2) is 36.5 Å². The van der Waals surface area contributed by atoms with Gasteiger partial charge in [-0.1, -0.05) is 69.6 Å². The molecule has 0 spiro atoms. The molecule has 3 aromatic rings. The molecule has 0 N–H and O–H groups in total. The van der Waals surface area contributed by atoms with Gasteiger partial charge < -0.3 is 0 Å². The summed E-state index contributed by atoms with van der Waals surface area (Å²) >= 11 is 36.3. The summed E-state index contributed by atoms with van der Waals surface area (Å²) in [5.41, 5.74) is 1.19. The maximum absolute atomic E-state index is 14.7. The van der Waals surface area contributed by atoms with E-state index in [9.17, 15) is 4.39 Å². The number of hydrogen-bond acceptors (Lipinski definition) is 1. The van der Waals surface area contributed by atoms with Crippen LogP contribution in [0.3, 0.4) is 0 Å². The van der Waals surface area contributed by atoms with Crippen molar-refractivity contribution in [3.8, 4) is 22.4 Å². The van der Waals surface area contributed by atoms with Crippen LogP contribution in [0.1, 0.15) is 0 Å². The molecule has 0 atom stereocenters. The van der Waals surface area contributed by atoms with E-state index in [1.54, 1.807) is 6.07 Å². The maximum Gasteiger partial charge on any atom is 0.150 e. The summed E-state index contributed by atoms with van der Waals surface area (Å²) in [4.78, 5) is 4.15. The Morgan fingerprint density at radius 3 is 1.76 bits per heavy atom. The first-order chi connectivity index (χ1) is 11.8. The maximum atomic E-state index is 14.7. The highest BCUT2D eigenvalue weighted by Crippen LogP contribution is 2.39. The molecule has 0 aliphatic carbocycles. The number of pyridine rings is 1. The molecule has 0 amide bonds. The molecule has 25 heavy (non-hydrogen) atoms. The summed E-state index contributed by atoms with van der Waals surface area (Å²) in [6, 6.07) is 7.30. The van der Waals surface area contributed by atoms with Crippen LogP contribution in [0.4, 0.5) is 4.39 Å². The van der Waals surface area contributed by atoms with Crippen molar-refractivity contribution in [1.29, 1.82) is 0 Å². The molecule has 0 saturated carbocycles. The summed E-state index contributed by atoms with van der Waals surface area (Å²) in [5, 5.41) is 1.58. The lowest BCUT2D eigenvalue weighted by Crippen LogP contribution is -1.93. The average Bonchev–Trinajstić information content (AvgIpc) is 2.54. The van der Waals surface area contributed by atoms with E-state index in [1.165, 1.54) is 30.5 Å². The first-order valence-corrected chi connectivity index (χ1v) is 9.00. The molecular weight excluding hydrogens is 450 g/mol. The monoisotopic (exact) mass is 453 g/mol. The van der Waals surface area contributed by atoms with Crippen molar-refractivity contribution in [3.63, 3.8) is 0 Å². The predicted molar refractivity (Wildman–Crippen MR) is 105 cm³/mol. The van der Waals surface area contributed by atoms with Crippen LogP contribution in [-0.2, 0) is 0 Å². The summed E-state index contributed by atoms with van der Waals surface area (Å²) < 4.78 is 14.7. The Balaban J connectivity index is 2.15. The second kappa shape index (κ2) is 7.48. The topological polar surface area (TPSA) is 12.9 Å². The van der Waals surface area contributed by atoms with E-state index < -0.39 is 5.82 Å². The standard InChI is InChI=1S/C17H6Cl6FN/c18-8-2-10(15(22)12(20)4-8)7-1-14(24)17(25-6-7)11-3-9(19)5-13(21)16(11)23/h1-6H. The fourth-order valence-electron chi connectivity index (χ4n) is 2.28. The summed E-state index contributed by atoms with van der Waals surface area (Å²) in [7, 11) is 0. The van der Waals surface area contributed by atoms with E-state index in [0.29, 0.717) is 26.7 Å². The van der Waals surface area contributed by atoms with Gasteiger partial charge in [0.05, 0.1) is 20.1 Å². The second-order valence-electron chi connectivity index (χ2n) is 5.05. The molecular formula is C17H6Cl6FN. The fraction of sp³-hybridized carbons (Fsp3) is 0. The molecule has 0 saturated heterocycles. The zero-order valence-corrected chi connectivity index (χ0v) is 16.6. The van der Waals surface area contributed by atoms with Crippen molar-refractivity contribution in [2.24, 2.45) is 0 Å². The average molecular weight is 456 g/mol. The second-order valence-corrected chi connectivity index (χ2v) is 7.50. The highest BCUT2D eigenvalue weighted by molar-refractivity contribution is 6.45. The van der Waals surface area contributed by atoms with E-state index in [0.717, 1.165) is 0 Å². The summed E-state index contributed by atoms with van der Waals surface area (Å²) in [6.07, 6.45) is 1.44. The normalized spacial score (nSPS) is 11.0. The Kier molecular flexibility index (Phi) is 5.69. The fourth-order valence-corrected chi connectivity index (χ4v) is 3.68. The Morgan fingerprint density at radius 1 is 0.680 bits per heavy atom. The number of nitrogens with zero attached hydrogens (tertiary/aromatic N) is 1. The third-order valence-corrected chi connectivity index (χ3v) is 5.43. The van der Waals surface area contributed by atoms with E-state index in [2.05, 4.69) is 4.98 Å². The third kappa shape index (κ3) is 3.85. The SMILES string of the molecule is Fc1cc(-c2cc(Cl)cc(Cl)c2Cl)cnc1-c1cc(Cl)cc(Cl)c1Cl. The molecule has 0 fully saturated rings. The van der Waals surface area contributed by atoms with Crippen molar-refractivity contribution in [1.82, 2.24) is 4.98 Å². The molecule has 128 valence electrons. The van der Waals surface area contributed by atoms with Crippen LogP contribution in [0.5, 0.6) is 0 Å². The lowest BCUT2D eigenvalue weighted by Gasteiger charge is -2.11. The van der Waals surface area contributed by atoms with Gasteiger partial charge in [0.2, 0.25) is 0 Å². The van der Waals surface area contributed by atoms with Gasteiger partial charge in [-0.3, -0.25) is 4.98 Å². The van der Waals surface area contributed by atoms with Crippen molar-refractivity contribution in [3.05, 3.63) is 72.5 Å². The molecule has 2 aromatic carbocycles. The molecule has 1 heterocycles. The first-order valence-electron chi connectivity index (χ1n) is 6.73. The van der Waals surface area contributed by atoms with Gasteiger partial charge in [0.25, 0.3) is 0 Å². The molecule has 3 rings (SSSR count).